The highest BCUT2D eigenvalue weighted by molar-refractivity contribution is 6.07. The highest BCUT2D eigenvalue weighted by Crippen LogP contribution is 2.35. The molecule has 23 heavy (non-hydrogen) atoms. The second kappa shape index (κ2) is 7.05. The van der Waals surface area contributed by atoms with Crippen LogP contribution < -0.4 is 19.5 Å². The summed E-state index contributed by atoms with van der Waals surface area (Å²) in [7, 11) is 4.57. The molecule has 0 radical (unpaired) electrons. The lowest BCUT2D eigenvalue weighted by molar-refractivity contribution is 0.102. The molecule has 0 saturated carbocycles. The molecule has 5 nitrogen and oxygen atoms in total. The van der Waals surface area contributed by atoms with Crippen molar-refractivity contribution in [2.45, 2.75) is 13.8 Å². The van der Waals surface area contributed by atoms with Gasteiger partial charge in [0.25, 0.3) is 5.91 Å². The van der Waals surface area contributed by atoms with Gasteiger partial charge >= 0.3 is 0 Å². The maximum atomic E-state index is 12.6. The molecular weight excluding hydrogens is 294 g/mol. The molecule has 2 aromatic rings. The molecule has 2 rings (SSSR count). The number of amides is 1. The maximum Gasteiger partial charge on any atom is 0.259 e. The number of carbonyl (C=O) groups excluding carboxylic acids is 1. The number of aryl methyl sites for hydroxylation is 1. The van der Waals surface area contributed by atoms with Crippen LogP contribution in [0.4, 0.5) is 5.69 Å². The van der Waals surface area contributed by atoms with Crippen LogP contribution in [0.15, 0.2) is 30.3 Å². The van der Waals surface area contributed by atoms with Crippen LogP contribution >= 0.6 is 0 Å². The van der Waals surface area contributed by atoms with Crippen molar-refractivity contribution in [2.75, 3.05) is 26.6 Å². The third kappa shape index (κ3) is 3.39. The van der Waals surface area contributed by atoms with Crippen LogP contribution in [-0.2, 0) is 0 Å². The molecule has 0 saturated heterocycles. The molecule has 0 fully saturated rings. The van der Waals surface area contributed by atoms with E-state index in [1.54, 1.807) is 12.1 Å². The summed E-state index contributed by atoms with van der Waals surface area (Å²) in [5, 5.41) is 2.92. The van der Waals surface area contributed by atoms with Crippen LogP contribution in [0.25, 0.3) is 0 Å². The van der Waals surface area contributed by atoms with Gasteiger partial charge < -0.3 is 19.5 Å². The summed E-state index contributed by atoms with van der Waals surface area (Å²) in [6, 6.07) is 9.02. The second-order valence-corrected chi connectivity index (χ2v) is 5.11. The Labute approximate surface area is 136 Å². The van der Waals surface area contributed by atoms with Gasteiger partial charge in [-0.25, -0.2) is 0 Å². The summed E-state index contributed by atoms with van der Waals surface area (Å²) in [5.41, 5.74) is 3.29. The molecule has 122 valence electrons. The van der Waals surface area contributed by atoms with E-state index in [-0.39, 0.29) is 5.91 Å². The molecule has 2 aromatic carbocycles. The largest absolute Gasteiger partial charge is 0.496 e. The van der Waals surface area contributed by atoms with Crippen molar-refractivity contribution in [3.63, 3.8) is 0 Å². The highest BCUT2D eigenvalue weighted by atomic mass is 16.5. The van der Waals surface area contributed by atoms with Crippen LogP contribution in [0, 0.1) is 13.8 Å². The molecule has 5 heteroatoms. The maximum absolute atomic E-state index is 12.6. The van der Waals surface area contributed by atoms with E-state index in [0.717, 1.165) is 16.8 Å². The number of carbonyl (C=O) groups is 1. The Hall–Kier alpha value is -2.69. The van der Waals surface area contributed by atoms with Gasteiger partial charge in [0.15, 0.2) is 11.5 Å². The Morgan fingerprint density at radius 3 is 2.13 bits per heavy atom. The van der Waals surface area contributed by atoms with Crippen LogP contribution in [-0.4, -0.2) is 27.2 Å². The van der Waals surface area contributed by atoms with Crippen LogP contribution in [0.1, 0.15) is 21.5 Å². The van der Waals surface area contributed by atoms with Gasteiger partial charge in [0.2, 0.25) is 0 Å². The summed E-state index contributed by atoms with van der Waals surface area (Å²) in [5.74, 6) is 1.13. The first-order chi connectivity index (χ1) is 11.0. The monoisotopic (exact) mass is 315 g/mol. The molecule has 0 aliphatic carbocycles. The van der Waals surface area contributed by atoms with E-state index in [4.69, 9.17) is 14.2 Å². The summed E-state index contributed by atoms with van der Waals surface area (Å²) < 4.78 is 15.8. The van der Waals surface area contributed by atoms with E-state index < -0.39 is 0 Å². The highest BCUT2D eigenvalue weighted by Gasteiger charge is 2.18. The zero-order valence-corrected chi connectivity index (χ0v) is 14.0. The van der Waals surface area contributed by atoms with E-state index in [0.29, 0.717) is 22.8 Å². The summed E-state index contributed by atoms with van der Waals surface area (Å²) in [4.78, 5) is 12.6. The quantitative estimate of drug-likeness (QED) is 0.916. The summed E-state index contributed by atoms with van der Waals surface area (Å²) in [6.07, 6.45) is 0. The normalized spacial score (nSPS) is 10.1. The minimum absolute atomic E-state index is 0.267. The number of methoxy groups -OCH3 is 3. The molecule has 0 spiro atoms. The van der Waals surface area contributed by atoms with Gasteiger partial charge in [0.1, 0.15) is 5.75 Å². The van der Waals surface area contributed by atoms with Crippen molar-refractivity contribution in [3.8, 4) is 17.2 Å². The van der Waals surface area contributed by atoms with Gasteiger partial charge in [-0.3, -0.25) is 4.79 Å². The minimum atomic E-state index is -0.267. The smallest absolute Gasteiger partial charge is 0.259 e. The van der Waals surface area contributed by atoms with Crippen molar-refractivity contribution in [1.82, 2.24) is 0 Å². The zero-order valence-electron chi connectivity index (χ0n) is 14.0. The van der Waals surface area contributed by atoms with Crippen molar-refractivity contribution < 1.29 is 19.0 Å². The van der Waals surface area contributed by atoms with Gasteiger partial charge in [-0.15, -0.1) is 0 Å². The third-order valence-electron chi connectivity index (χ3n) is 3.80. The van der Waals surface area contributed by atoms with Crippen molar-refractivity contribution >= 4 is 11.6 Å². The Bertz CT molecular complexity index is 725. The predicted molar refractivity (Wildman–Crippen MR) is 90.0 cm³/mol. The van der Waals surface area contributed by atoms with Crippen LogP contribution in [0.2, 0.25) is 0 Å². The molecule has 0 heterocycles. The molecule has 0 atom stereocenters. The van der Waals surface area contributed by atoms with E-state index >= 15 is 0 Å². The van der Waals surface area contributed by atoms with Crippen molar-refractivity contribution in [1.29, 1.82) is 0 Å². The molecule has 0 aliphatic heterocycles. The van der Waals surface area contributed by atoms with Gasteiger partial charge in [0.05, 0.1) is 26.9 Å². The third-order valence-corrected chi connectivity index (χ3v) is 3.80. The first-order valence-electron chi connectivity index (χ1n) is 7.19. The minimum Gasteiger partial charge on any atom is -0.496 e. The van der Waals surface area contributed by atoms with Crippen LogP contribution in [0.5, 0.6) is 17.2 Å². The number of nitrogens with one attached hydrogen (secondary N) is 1. The van der Waals surface area contributed by atoms with Gasteiger partial charge in [-0.2, -0.15) is 0 Å². The molecule has 0 aromatic heterocycles. The molecular formula is C18H21NO4. The first-order valence-corrected chi connectivity index (χ1v) is 7.19. The molecule has 0 unspecified atom stereocenters. The van der Waals surface area contributed by atoms with E-state index in [1.165, 1.54) is 21.3 Å². The second-order valence-electron chi connectivity index (χ2n) is 5.11. The summed E-state index contributed by atoms with van der Waals surface area (Å²) in [6.45, 7) is 3.97. The Morgan fingerprint density at radius 2 is 1.52 bits per heavy atom. The van der Waals surface area contributed by atoms with E-state index in [1.807, 2.05) is 32.0 Å². The van der Waals surface area contributed by atoms with Crippen molar-refractivity contribution in [3.05, 3.63) is 47.0 Å². The molecule has 0 bridgehead atoms. The number of hydrogen-bond acceptors (Lipinski definition) is 4. The topological polar surface area (TPSA) is 56.8 Å². The number of rotatable bonds is 5. The fraction of sp³-hybridized carbons (Fsp3) is 0.278. The lowest BCUT2D eigenvalue weighted by Gasteiger charge is -2.15. The average molecular weight is 315 g/mol. The number of benzene rings is 2. The fourth-order valence-electron chi connectivity index (χ4n) is 2.28. The number of hydrogen-bond donors (Lipinski definition) is 1. The lowest BCUT2D eigenvalue weighted by Crippen LogP contribution is -2.14. The predicted octanol–water partition coefficient (Wildman–Crippen LogP) is 3.58. The van der Waals surface area contributed by atoms with Crippen molar-refractivity contribution in [2.24, 2.45) is 0 Å². The summed E-state index contributed by atoms with van der Waals surface area (Å²) >= 11 is 0. The van der Waals surface area contributed by atoms with Gasteiger partial charge in [-0.05, 0) is 31.0 Å². The van der Waals surface area contributed by atoms with E-state index in [2.05, 4.69) is 5.32 Å². The SMILES string of the molecule is COc1cc(OC)c(C(=O)Nc2cccc(C)c2C)cc1OC. The number of anilines is 1. The number of ether oxygens (including phenoxy) is 3. The standard InChI is InChI=1S/C18H21NO4/c1-11-7-6-8-14(12(11)2)19-18(20)13-9-16(22-4)17(23-5)10-15(13)21-3/h6-10H,1-5H3,(H,19,20). The Balaban J connectivity index is 2.40. The molecule has 0 aliphatic rings. The van der Waals surface area contributed by atoms with E-state index in [9.17, 15) is 4.79 Å². The fourth-order valence-corrected chi connectivity index (χ4v) is 2.28. The Morgan fingerprint density at radius 1 is 0.913 bits per heavy atom. The average Bonchev–Trinajstić information content (AvgIpc) is 2.57. The molecule has 1 amide bonds. The molecule has 1 N–H and O–H groups in total. The van der Waals surface area contributed by atoms with Gasteiger partial charge in [-0.1, -0.05) is 12.1 Å². The lowest BCUT2D eigenvalue weighted by atomic mass is 10.1. The zero-order chi connectivity index (χ0) is 17.0. The Kier molecular flexibility index (Phi) is 5.11. The van der Waals surface area contributed by atoms with Gasteiger partial charge in [0, 0.05) is 17.8 Å². The van der Waals surface area contributed by atoms with Crippen LogP contribution in [0.3, 0.4) is 0 Å². The first kappa shape index (κ1) is 16.7.